The quantitative estimate of drug-likeness (QED) is 0.467. The predicted octanol–water partition coefficient (Wildman–Crippen LogP) is 4.16. The van der Waals surface area contributed by atoms with Crippen LogP contribution >= 0.6 is 0 Å². The maximum absolute atomic E-state index is 14.6. The lowest BCUT2D eigenvalue weighted by Crippen LogP contribution is -2.50. The first-order chi connectivity index (χ1) is 21.1. The molecule has 9 nitrogen and oxygen atoms in total. The average molecular weight is 608 g/mol. The molecule has 3 aliphatic rings. The van der Waals surface area contributed by atoms with Crippen LogP contribution in [0.25, 0.3) is 0 Å². The highest BCUT2D eigenvalue weighted by atomic mass is 19.1. The van der Waals surface area contributed by atoms with Crippen LogP contribution < -0.4 is 20.7 Å². The van der Waals surface area contributed by atoms with E-state index in [4.69, 9.17) is 10.5 Å². The second-order valence-electron chi connectivity index (χ2n) is 13.1. The Kier molecular flexibility index (Phi) is 9.90. The van der Waals surface area contributed by atoms with E-state index in [0.29, 0.717) is 43.3 Å². The Morgan fingerprint density at radius 3 is 2.23 bits per heavy atom. The molecule has 0 aromatic heterocycles. The van der Waals surface area contributed by atoms with Gasteiger partial charge in [0.15, 0.2) is 0 Å². The summed E-state index contributed by atoms with van der Waals surface area (Å²) in [6.45, 7) is 6.80. The van der Waals surface area contributed by atoms with Crippen molar-refractivity contribution in [2.75, 3.05) is 57.8 Å². The lowest BCUT2D eigenvalue weighted by Gasteiger charge is -2.35. The standard InChI is InChI=1S/C34H46FN5O4/c1-34(2,22-36)33(43)38(3)27-18-25(17-26(35)20-27)32(42)40-15-13-39(14-16-40)31(41)24-9-10-30(44-28-11-12-37-21-28)29(19-24)23-7-5-4-6-8-23/h9-10,17-20,23,28,37H,4-8,11-16,21-22,36H2,1-3H3/t28-/m0/s1. The zero-order valence-electron chi connectivity index (χ0n) is 26.2. The zero-order valence-corrected chi connectivity index (χ0v) is 26.2. The van der Waals surface area contributed by atoms with Crippen LogP contribution in [0.1, 0.15) is 84.6 Å². The minimum atomic E-state index is -0.827. The topological polar surface area (TPSA) is 108 Å². The third-order valence-electron chi connectivity index (χ3n) is 9.38. The molecule has 0 bridgehead atoms. The number of carbonyl (C=O) groups is 3. The molecule has 5 rings (SSSR count). The molecule has 44 heavy (non-hydrogen) atoms. The van der Waals surface area contributed by atoms with Gasteiger partial charge in [-0.2, -0.15) is 0 Å². The van der Waals surface area contributed by atoms with Crippen LogP contribution in [0.15, 0.2) is 36.4 Å². The summed E-state index contributed by atoms with van der Waals surface area (Å²) in [7, 11) is 1.55. The van der Waals surface area contributed by atoms with Gasteiger partial charge in [0.2, 0.25) is 5.91 Å². The summed E-state index contributed by atoms with van der Waals surface area (Å²) in [6.07, 6.45) is 6.97. The van der Waals surface area contributed by atoms with Gasteiger partial charge in [0.05, 0.1) is 5.41 Å². The summed E-state index contributed by atoms with van der Waals surface area (Å²) < 4.78 is 21.0. The maximum atomic E-state index is 14.6. The van der Waals surface area contributed by atoms with Gasteiger partial charge in [-0.15, -0.1) is 0 Å². The number of nitrogens with zero attached hydrogens (tertiary/aromatic N) is 3. The number of anilines is 1. The van der Waals surface area contributed by atoms with Crippen LogP contribution in [-0.2, 0) is 4.79 Å². The molecular weight excluding hydrogens is 561 g/mol. The monoisotopic (exact) mass is 607 g/mol. The first-order valence-electron chi connectivity index (χ1n) is 16.0. The number of amides is 3. The molecule has 0 unspecified atom stereocenters. The number of carbonyl (C=O) groups excluding carboxylic acids is 3. The first-order valence-corrected chi connectivity index (χ1v) is 16.0. The summed E-state index contributed by atoms with van der Waals surface area (Å²) in [4.78, 5) is 44.7. The Bertz CT molecular complexity index is 1360. The minimum Gasteiger partial charge on any atom is -0.489 e. The summed E-state index contributed by atoms with van der Waals surface area (Å²) in [5.41, 5.74) is 7.16. The molecule has 0 spiro atoms. The van der Waals surface area contributed by atoms with E-state index in [2.05, 4.69) is 5.32 Å². The molecule has 3 N–H and O–H groups in total. The lowest BCUT2D eigenvalue weighted by molar-refractivity contribution is -0.125. The molecule has 2 saturated heterocycles. The highest BCUT2D eigenvalue weighted by Crippen LogP contribution is 2.39. The number of ether oxygens (including phenoxy) is 1. The number of rotatable bonds is 8. The molecule has 2 aromatic rings. The fourth-order valence-electron chi connectivity index (χ4n) is 6.46. The molecule has 3 amide bonds. The first kappa shape index (κ1) is 31.9. The predicted molar refractivity (Wildman–Crippen MR) is 169 cm³/mol. The molecule has 2 aliphatic heterocycles. The number of nitrogens with two attached hydrogens (primary N) is 1. The third-order valence-corrected chi connectivity index (χ3v) is 9.38. The summed E-state index contributed by atoms with van der Waals surface area (Å²) in [6, 6.07) is 9.82. The fraction of sp³-hybridized carbons (Fsp3) is 0.559. The summed E-state index contributed by atoms with van der Waals surface area (Å²) in [5.74, 6) is 0.0274. The van der Waals surface area contributed by atoms with E-state index in [0.717, 1.165) is 43.7 Å². The van der Waals surface area contributed by atoms with Gasteiger partial charge in [-0.1, -0.05) is 19.3 Å². The highest BCUT2D eigenvalue weighted by molar-refractivity contribution is 6.00. The fourth-order valence-corrected chi connectivity index (χ4v) is 6.46. The number of hydrogen-bond acceptors (Lipinski definition) is 6. The number of nitrogens with one attached hydrogen (secondary N) is 1. The summed E-state index contributed by atoms with van der Waals surface area (Å²) >= 11 is 0. The summed E-state index contributed by atoms with van der Waals surface area (Å²) in [5, 5.41) is 3.36. The molecule has 0 radical (unpaired) electrons. The molecule has 2 aromatic carbocycles. The Labute approximate surface area is 259 Å². The smallest absolute Gasteiger partial charge is 0.254 e. The van der Waals surface area contributed by atoms with Gasteiger partial charge in [-0.05, 0) is 87.5 Å². The molecular formula is C34H46FN5O4. The van der Waals surface area contributed by atoms with Crippen LogP contribution in [0.5, 0.6) is 5.75 Å². The molecule has 2 heterocycles. The molecule has 3 fully saturated rings. The molecule has 10 heteroatoms. The van der Waals surface area contributed by atoms with Gasteiger partial charge in [-0.25, -0.2) is 4.39 Å². The van der Waals surface area contributed by atoms with E-state index >= 15 is 0 Å². The number of hydrogen-bond donors (Lipinski definition) is 2. The second-order valence-corrected chi connectivity index (χ2v) is 13.1. The zero-order chi connectivity index (χ0) is 31.4. The van der Waals surface area contributed by atoms with Crippen LogP contribution in [-0.4, -0.2) is 86.5 Å². The Morgan fingerprint density at radius 1 is 0.955 bits per heavy atom. The Balaban J connectivity index is 1.26. The van der Waals surface area contributed by atoms with Crippen molar-refractivity contribution in [3.8, 4) is 5.75 Å². The van der Waals surface area contributed by atoms with E-state index in [1.165, 1.54) is 42.4 Å². The van der Waals surface area contributed by atoms with Gasteiger partial charge in [0.25, 0.3) is 11.8 Å². The van der Waals surface area contributed by atoms with Crippen LogP contribution in [0.3, 0.4) is 0 Å². The highest BCUT2D eigenvalue weighted by Gasteiger charge is 2.32. The average Bonchev–Trinajstić information content (AvgIpc) is 3.57. The van der Waals surface area contributed by atoms with Crippen molar-refractivity contribution >= 4 is 23.4 Å². The Hall–Kier alpha value is -3.50. The molecule has 238 valence electrons. The minimum absolute atomic E-state index is 0.0565. The van der Waals surface area contributed by atoms with Gasteiger partial charge >= 0.3 is 0 Å². The second kappa shape index (κ2) is 13.6. The van der Waals surface area contributed by atoms with E-state index in [9.17, 15) is 18.8 Å². The van der Waals surface area contributed by atoms with E-state index < -0.39 is 11.2 Å². The van der Waals surface area contributed by atoms with Crippen molar-refractivity contribution in [3.05, 3.63) is 58.9 Å². The largest absolute Gasteiger partial charge is 0.489 e. The third kappa shape index (κ3) is 7.07. The number of halogens is 1. The van der Waals surface area contributed by atoms with E-state index in [1.54, 1.807) is 30.7 Å². The van der Waals surface area contributed by atoms with E-state index in [-0.39, 0.29) is 35.9 Å². The van der Waals surface area contributed by atoms with Crippen molar-refractivity contribution in [1.29, 1.82) is 0 Å². The van der Waals surface area contributed by atoms with Gasteiger partial charge in [-0.3, -0.25) is 14.4 Å². The van der Waals surface area contributed by atoms with Crippen molar-refractivity contribution in [2.24, 2.45) is 11.1 Å². The van der Waals surface area contributed by atoms with Gasteiger partial charge < -0.3 is 30.5 Å². The lowest BCUT2D eigenvalue weighted by atomic mass is 9.83. The molecule has 1 atom stereocenters. The molecule has 1 aliphatic carbocycles. The van der Waals surface area contributed by atoms with Gasteiger partial charge in [0, 0.05) is 63.1 Å². The van der Waals surface area contributed by atoms with Crippen molar-refractivity contribution in [2.45, 2.75) is 64.4 Å². The SMILES string of the molecule is CN(C(=O)C(C)(C)CN)c1cc(F)cc(C(=O)N2CCN(C(=O)c3ccc(O[C@H]4CCNC4)c(C4CCCCC4)c3)CC2)c1. The van der Waals surface area contributed by atoms with Crippen molar-refractivity contribution in [3.63, 3.8) is 0 Å². The van der Waals surface area contributed by atoms with Crippen molar-refractivity contribution < 1.29 is 23.5 Å². The number of piperazine rings is 1. The van der Waals surface area contributed by atoms with Gasteiger partial charge in [0.1, 0.15) is 17.7 Å². The molecule has 1 saturated carbocycles. The number of benzene rings is 2. The van der Waals surface area contributed by atoms with Crippen LogP contribution in [0.4, 0.5) is 10.1 Å². The van der Waals surface area contributed by atoms with Crippen LogP contribution in [0, 0.1) is 11.2 Å². The van der Waals surface area contributed by atoms with E-state index in [1.807, 2.05) is 18.2 Å². The normalized spacial score (nSPS) is 19.6. The maximum Gasteiger partial charge on any atom is 0.254 e. The van der Waals surface area contributed by atoms with Crippen molar-refractivity contribution in [1.82, 2.24) is 15.1 Å². The Morgan fingerprint density at radius 2 is 1.61 bits per heavy atom. The van der Waals surface area contributed by atoms with Crippen LogP contribution in [0.2, 0.25) is 0 Å².